The molecule has 0 saturated carbocycles. The van der Waals surface area contributed by atoms with Crippen LogP contribution in [-0.4, -0.2) is 30.9 Å². The van der Waals surface area contributed by atoms with Crippen molar-refractivity contribution < 1.29 is 4.79 Å². The lowest BCUT2D eigenvalue weighted by atomic mass is 9.97. The van der Waals surface area contributed by atoms with Crippen molar-refractivity contribution in [2.24, 2.45) is 11.7 Å². The minimum atomic E-state index is -0.0918. The van der Waals surface area contributed by atoms with E-state index in [0.29, 0.717) is 6.54 Å². The number of likely N-dealkylation sites (N-methyl/N-ethyl adjacent to an activating group) is 1. The molecule has 1 amide bonds. The molecular weight excluding hydrogens is 236 g/mol. The van der Waals surface area contributed by atoms with E-state index < -0.39 is 0 Å². The summed E-state index contributed by atoms with van der Waals surface area (Å²) in [6.45, 7) is 9.46. The Labute approximate surface area is 116 Å². The summed E-state index contributed by atoms with van der Waals surface area (Å²) in [6, 6.07) is 4.32. The van der Waals surface area contributed by atoms with Gasteiger partial charge in [0.15, 0.2) is 0 Å². The van der Waals surface area contributed by atoms with Crippen molar-refractivity contribution in [2.75, 3.05) is 20.1 Å². The molecule has 0 fully saturated rings. The number of carbonyl (C=O) groups is 1. The van der Waals surface area contributed by atoms with Crippen molar-refractivity contribution in [1.29, 1.82) is 0 Å². The molecule has 1 aromatic rings. The van der Waals surface area contributed by atoms with Gasteiger partial charge in [-0.2, -0.15) is 0 Å². The van der Waals surface area contributed by atoms with E-state index in [-0.39, 0.29) is 11.8 Å². The van der Waals surface area contributed by atoms with E-state index in [1.807, 2.05) is 14.0 Å². The van der Waals surface area contributed by atoms with Gasteiger partial charge in [-0.15, -0.1) is 0 Å². The van der Waals surface area contributed by atoms with Crippen LogP contribution in [0.1, 0.15) is 29.2 Å². The highest BCUT2D eigenvalue weighted by atomic mass is 16.2. The molecule has 0 aliphatic rings. The molecule has 0 aliphatic carbocycles. The van der Waals surface area contributed by atoms with Gasteiger partial charge in [0.2, 0.25) is 5.91 Å². The minimum Gasteiger partial charge on any atom is -0.345 e. The first-order valence-corrected chi connectivity index (χ1v) is 6.89. The first kappa shape index (κ1) is 15.7. The maximum atomic E-state index is 11.9. The first-order valence-electron chi connectivity index (χ1n) is 6.89. The van der Waals surface area contributed by atoms with E-state index in [2.05, 4.69) is 32.9 Å². The monoisotopic (exact) mass is 262 g/mol. The summed E-state index contributed by atoms with van der Waals surface area (Å²) >= 11 is 0. The number of aryl methyl sites for hydroxylation is 1. The summed E-state index contributed by atoms with van der Waals surface area (Å²) in [6.07, 6.45) is 0.895. The molecule has 1 atom stereocenters. The Morgan fingerprint density at radius 1 is 1.26 bits per heavy atom. The molecule has 1 rings (SSSR count). The summed E-state index contributed by atoms with van der Waals surface area (Å²) in [5, 5.41) is 0. The van der Waals surface area contributed by atoms with Crippen molar-refractivity contribution in [3.8, 4) is 0 Å². The fraction of sp³-hybridized carbons (Fsp3) is 0.562. The van der Waals surface area contributed by atoms with Gasteiger partial charge in [-0.05, 0) is 49.4 Å². The number of hydrogen-bond donors (Lipinski definition) is 1. The van der Waals surface area contributed by atoms with E-state index in [1.165, 1.54) is 22.3 Å². The Bertz CT molecular complexity index is 454. The molecule has 1 aromatic carbocycles. The van der Waals surface area contributed by atoms with Crippen LogP contribution in [0, 0.1) is 26.7 Å². The molecule has 0 aromatic heterocycles. The number of hydrogen-bond acceptors (Lipinski definition) is 2. The van der Waals surface area contributed by atoms with Gasteiger partial charge in [-0.25, -0.2) is 0 Å². The third kappa shape index (κ3) is 3.80. The Hall–Kier alpha value is -1.35. The zero-order chi connectivity index (χ0) is 14.6. The van der Waals surface area contributed by atoms with Crippen LogP contribution in [-0.2, 0) is 11.2 Å². The van der Waals surface area contributed by atoms with Crippen molar-refractivity contribution >= 4 is 5.91 Å². The predicted octanol–water partition coefficient (Wildman–Crippen LogP) is 2.21. The molecule has 0 radical (unpaired) electrons. The molecule has 0 saturated heterocycles. The lowest BCUT2D eigenvalue weighted by molar-refractivity contribution is -0.133. The number of amides is 1. The summed E-state index contributed by atoms with van der Waals surface area (Å²) in [5.41, 5.74) is 10.9. The number of nitrogens with two attached hydrogens (primary N) is 1. The van der Waals surface area contributed by atoms with E-state index in [1.54, 1.807) is 4.90 Å². The predicted molar refractivity (Wildman–Crippen MR) is 80.2 cm³/mol. The molecule has 106 valence electrons. The molecule has 1 unspecified atom stereocenters. The SMILES string of the molecule is Cc1ccc(CCN(C)C(=O)C(C)CN)c(C)c1C. The van der Waals surface area contributed by atoms with Crippen LogP contribution in [0.4, 0.5) is 0 Å². The third-order valence-corrected chi connectivity index (χ3v) is 4.04. The lowest BCUT2D eigenvalue weighted by Gasteiger charge is -2.21. The quantitative estimate of drug-likeness (QED) is 0.884. The van der Waals surface area contributed by atoms with Crippen LogP contribution in [0.15, 0.2) is 12.1 Å². The van der Waals surface area contributed by atoms with Crippen LogP contribution in [0.5, 0.6) is 0 Å². The maximum absolute atomic E-state index is 11.9. The Morgan fingerprint density at radius 3 is 2.47 bits per heavy atom. The van der Waals surface area contributed by atoms with E-state index in [9.17, 15) is 4.79 Å². The van der Waals surface area contributed by atoms with Crippen LogP contribution < -0.4 is 5.73 Å². The Morgan fingerprint density at radius 2 is 1.89 bits per heavy atom. The second kappa shape index (κ2) is 6.71. The summed E-state index contributed by atoms with van der Waals surface area (Å²) in [5.74, 6) is 0.0369. The van der Waals surface area contributed by atoms with Gasteiger partial charge in [0.1, 0.15) is 0 Å². The van der Waals surface area contributed by atoms with Crippen LogP contribution in [0.3, 0.4) is 0 Å². The fourth-order valence-electron chi connectivity index (χ4n) is 2.16. The van der Waals surface area contributed by atoms with E-state index >= 15 is 0 Å². The highest BCUT2D eigenvalue weighted by Gasteiger charge is 2.15. The molecule has 3 heteroatoms. The number of carbonyl (C=O) groups excluding carboxylic acids is 1. The third-order valence-electron chi connectivity index (χ3n) is 4.04. The summed E-state index contributed by atoms with van der Waals surface area (Å²) < 4.78 is 0. The molecule has 0 spiro atoms. The van der Waals surface area contributed by atoms with Crippen molar-refractivity contribution in [3.63, 3.8) is 0 Å². The maximum Gasteiger partial charge on any atom is 0.226 e. The molecule has 3 nitrogen and oxygen atoms in total. The second-order valence-electron chi connectivity index (χ2n) is 5.44. The number of benzene rings is 1. The summed E-state index contributed by atoms with van der Waals surface area (Å²) in [4.78, 5) is 13.7. The van der Waals surface area contributed by atoms with Crippen LogP contribution >= 0.6 is 0 Å². The van der Waals surface area contributed by atoms with Gasteiger partial charge >= 0.3 is 0 Å². The van der Waals surface area contributed by atoms with E-state index in [0.717, 1.165) is 13.0 Å². The topological polar surface area (TPSA) is 46.3 Å². The fourth-order valence-corrected chi connectivity index (χ4v) is 2.16. The van der Waals surface area contributed by atoms with Crippen molar-refractivity contribution in [3.05, 3.63) is 34.4 Å². The molecule has 19 heavy (non-hydrogen) atoms. The molecule has 2 N–H and O–H groups in total. The minimum absolute atomic E-state index is 0.0918. The largest absolute Gasteiger partial charge is 0.345 e. The average molecular weight is 262 g/mol. The van der Waals surface area contributed by atoms with Gasteiger partial charge in [0, 0.05) is 26.1 Å². The van der Waals surface area contributed by atoms with Gasteiger partial charge in [0.25, 0.3) is 0 Å². The highest BCUT2D eigenvalue weighted by molar-refractivity contribution is 5.78. The molecule has 0 bridgehead atoms. The molecule has 0 aliphatic heterocycles. The van der Waals surface area contributed by atoms with Gasteiger partial charge in [0.05, 0.1) is 0 Å². The summed E-state index contributed by atoms with van der Waals surface area (Å²) in [7, 11) is 1.85. The van der Waals surface area contributed by atoms with Gasteiger partial charge < -0.3 is 10.6 Å². The lowest BCUT2D eigenvalue weighted by Crippen LogP contribution is -2.36. The van der Waals surface area contributed by atoms with Crippen molar-refractivity contribution in [2.45, 2.75) is 34.1 Å². The molecular formula is C16H26N2O. The van der Waals surface area contributed by atoms with E-state index in [4.69, 9.17) is 5.73 Å². The van der Waals surface area contributed by atoms with Crippen molar-refractivity contribution in [1.82, 2.24) is 4.90 Å². The standard InChI is InChI=1S/C16H26N2O/c1-11-6-7-15(14(4)13(11)3)8-9-18(5)16(19)12(2)10-17/h6-7,12H,8-10,17H2,1-5H3. The average Bonchev–Trinajstić information content (AvgIpc) is 2.41. The Kier molecular flexibility index (Phi) is 5.55. The first-order chi connectivity index (χ1) is 8.88. The Balaban J connectivity index is 2.67. The smallest absolute Gasteiger partial charge is 0.226 e. The van der Waals surface area contributed by atoms with Gasteiger partial charge in [-0.3, -0.25) is 4.79 Å². The zero-order valence-corrected chi connectivity index (χ0v) is 12.8. The number of nitrogens with zero attached hydrogens (tertiary/aromatic N) is 1. The second-order valence-corrected chi connectivity index (χ2v) is 5.44. The van der Waals surface area contributed by atoms with Crippen LogP contribution in [0.25, 0.3) is 0 Å². The number of rotatable bonds is 5. The van der Waals surface area contributed by atoms with Crippen LogP contribution in [0.2, 0.25) is 0 Å². The molecule has 0 heterocycles. The highest BCUT2D eigenvalue weighted by Crippen LogP contribution is 2.17. The van der Waals surface area contributed by atoms with Gasteiger partial charge in [-0.1, -0.05) is 19.1 Å². The normalized spacial score (nSPS) is 12.3. The zero-order valence-electron chi connectivity index (χ0n) is 12.8.